The number of ether oxygens (including phenoxy) is 1. The van der Waals surface area contributed by atoms with Crippen LogP contribution in [0.1, 0.15) is 29.8 Å². The number of carbonyl (C=O) groups is 2. The van der Waals surface area contributed by atoms with Gasteiger partial charge < -0.3 is 4.74 Å². The third-order valence-electron chi connectivity index (χ3n) is 5.10. The summed E-state index contributed by atoms with van der Waals surface area (Å²) < 4.78 is 33.0. The highest BCUT2D eigenvalue weighted by Crippen LogP contribution is 2.23. The van der Waals surface area contributed by atoms with Gasteiger partial charge in [0.1, 0.15) is 5.75 Å². The SMILES string of the molecule is COc1ccc(NS(=O)(=O)c2cccc(C(=O)NNC(=O)C(C)(C)c3ccccc3)c2)cc1. The van der Waals surface area contributed by atoms with Gasteiger partial charge in [-0.25, -0.2) is 8.42 Å². The fourth-order valence-corrected chi connectivity index (χ4v) is 4.11. The molecule has 0 aromatic heterocycles. The maximum Gasteiger partial charge on any atom is 0.269 e. The van der Waals surface area contributed by atoms with Gasteiger partial charge in [0.05, 0.1) is 17.4 Å². The monoisotopic (exact) mass is 467 g/mol. The average molecular weight is 468 g/mol. The van der Waals surface area contributed by atoms with Crippen LogP contribution < -0.4 is 20.3 Å². The smallest absolute Gasteiger partial charge is 0.269 e. The van der Waals surface area contributed by atoms with E-state index in [1.807, 2.05) is 30.3 Å². The Morgan fingerprint density at radius 3 is 2.15 bits per heavy atom. The number of hydrogen-bond acceptors (Lipinski definition) is 5. The predicted molar refractivity (Wildman–Crippen MR) is 125 cm³/mol. The van der Waals surface area contributed by atoms with Crippen molar-refractivity contribution in [3.8, 4) is 5.75 Å². The Bertz CT molecular complexity index is 1240. The zero-order chi connectivity index (χ0) is 24.1. The minimum absolute atomic E-state index is 0.0745. The molecule has 0 unspecified atom stereocenters. The van der Waals surface area contributed by atoms with Gasteiger partial charge in [-0.3, -0.25) is 25.2 Å². The lowest BCUT2D eigenvalue weighted by atomic mass is 9.84. The highest BCUT2D eigenvalue weighted by molar-refractivity contribution is 7.92. The minimum atomic E-state index is -3.94. The number of anilines is 1. The van der Waals surface area contributed by atoms with E-state index in [1.54, 1.807) is 38.1 Å². The molecular weight excluding hydrogens is 442 g/mol. The summed E-state index contributed by atoms with van der Waals surface area (Å²) in [7, 11) is -2.42. The van der Waals surface area contributed by atoms with Gasteiger partial charge in [0.2, 0.25) is 5.91 Å². The molecule has 172 valence electrons. The van der Waals surface area contributed by atoms with Crippen molar-refractivity contribution in [1.82, 2.24) is 10.9 Å². The predicted octanol–water partition coefficient (Wildman–Crippen LogP) is 3.23. The first-order chi connectivity index (χ1) is 15.6. The van der Waals surface area contributed by atoms with Gasteiger partial charge in [-0.05, 0) is 61.9 Å². The van der Waals surface area contributed by atoms with Crippen LogP contribution >= 0.6 is 0 Å². The number of nitrogens with one attached hydrogen (secondary N) is 3. The summed E-state index contributed by atoms with van der Waals surface area (Å²) in [5.41, 5.74) is 5.08. The molecule has 33 heavy (non-hydrogen) atoms. The molecule has 9 heteroatoms. The molecule has 0 aliphatic rings. The molecule has 0 bridgehead atoms. The standard InChI is InChI=1S/C24H25N3O5S/c1-24(2,18-9-5-4-6-10-18)23(29)26-25-22(28)17-8-7-11-21(16-17)33(30,31)27-19-12-14-20(32-3)15-13-19/h4-16,27H,1-3H3,(H,25,28)(H,26,29). The van der Waals surface area contributed by atoms with E-state index in [1.165, 1.54) is 31.4 Å². The van der Waals surface area contributed by atoms with Gasteiger partial charge in [0.15, 0.2) is 0 Å². The van der Waals surface area contributed by atoms with Crippen LogP contribution in [0.2, 0.25) is 0 Å². The molecule has 0 heterocycles. The van der Waals surface area contributed by atoms with Crippen molar-refractivity contribution in [2.24, 2.45) is 0 Å². The zero-order valence-corrected chi connectivity index (χ0v) is 19.3. The molecule has 0 aliphatic heterocycles. The van der Waals surface area contributed by atoms with E-state index in [4.69, 9.17) is 4.74 Å². The second-order valence-corrected chi connectivity index (χ2v) is 9.44. The van der Waals surface area contributed by atoms with Crippen LogP contribution in [0.3, 0.4) is 0 Å². The van der Waals surface area contributed by atoms with Crippen LogP contribution in [-0.2, 0) is 20.2 Å². The Kier molecular flexibility index (Phi) is 7.03. The third-order valence-corrected chi connectivity index (χ3v) is 6.48. The Morgan fingerprint density at radius 1 is 0.848 bits per heavy atom. The lowest BCUT2D eigenvalue weighted by Crippen LogP contribution is -2.49. The number of hydrogen-bond donors (Lipinski definition) is 3. The fraction of sp³-hybridized carbons (Fsp3) is 0.167. The summed E-state index contributed by atoms with van der Waals surface area (Å²) in [6, 6.07) is 21.1. The van der Waals surface area contributed by atoms with Crippen LogP contribution in [0, 0.1) is 0 Å². The number of rotatable bonds is 7. The molecular formula is C24H25N3O5S. The van der Waals surface area contributed by atoms with Crippen molar-refractivity contribution >= 4 is 27.5 Å². The molecule has 8 nitrogen and oxygen atoms in total. The first-order valence-corrected chi connectivity index (χ1v) is 11.5. The van der Waals surface area contributed by atoms with Gasteiger partial charge in [-0.15, -0.1) is 0 Å². The van der Waals surface area contributed by atoms with Crippen molar-refractivity contribution in [3.63, 3.8) is 0 Å². The summed E-state index contributed by atoms with van der Waals surface area (Å²) in [6.07, 6.45) is 0. The van der Waals surface area contributed by atoms with Crippen molar-refractivity contribution in [2.45, 2.75) is 24.2 Å². The second-order valence-electron chi connectivity index (χ2n) is 7.76. The normalized spacial score (nSPS) is 11.4. The van der Waals surface area contributed by atoms with E-state index in [-0.39, 0.29) is 10.5 Å². The Morgan fingerprint density at radius 2 is 1.52 bits per heavy atom. The van der Waals surface area contributed by atoms with Crippen molar-refractivity contribution < 1.29 is 22.7 Å². The molecule has 3 N–H and O–H groups in total. The molecule has 0 aliphatic carbocycles. The zero-order valence-electron chi connectivity index (χ0n) is 18.5. The van der Waals surface area contributed by atoms with E-state index in [2.05, 4.69) is 15.6 Å². The third kappa shape index (κ3) is 5.69. The summed E-state index contributed by atoms with van der Waals surface area (Å²) in [6.45, 7) is 3.48. The Balaban J connectivity index is 1.69. The molecule has 0 radical (unpaired) electrons. The molecule has 3 aromatic rings. The molecule has 0 saturated heterocycles. The summed E-state index contributed by atoms with van der Waals surface area (Å²) >= 11 is 0. The molecule has 0 atom stereocenters. The summed E-state index contributed by atoms with van der Waals surface area (Å²) in [5.74, 6) is -0.463. The molecule has 0 fully saturated rings. The first kappa shape index (κ1) is 23.8. The van der Waals surface area contributed by atoms with Crippen LogP contribution in [0.4, 0.5) is 5.69 Å². The summed E-state index contributed by atoms with van der Waals surface area (Å²) in [4.78, 5) is 25.1. The van der Waals surface area contributed by atoms with Crippen LogP contribution in [0.5, 0.6) is 5.75 Å². The quantitative estimate of drug-likeness (QED) is 0.462. The van der Waals surface area contributed by atoms with E-state index in [0.29, 0.717) is 11.4 Å². The van der Waals surface area contributed by atoms with Crippen LogP contribution in [0.15, 0.2) is 83.8 Å². The lowest BCUT2D eigenvalue weighted by Gasteiger charge is -2.24. The maximum atomic E-state index is 12.7. The molecule has 0 spiro atoms. The largest absolute Gasteiger partial charge is 0.497 e. The summed E-state index contributed by atoms with van der Waals surface area (Å²) in [5, 5.41) is 0. The number of hydrazine groups is 1. The molecule has 3 aromatic carbocycles. The highest BCUT2D eigenvalue weighted by atomic mass is 32.2. The number of amides is 2. The van der Waals surface area contributed by atoms with E-state index in [0.717, 1.165) is 5.56 Å². The van der Waals surface area contributed by atoms with Gasteiger partial charge in [-0.2, -0.15) is 0 Å². The van der Waals surface area contributed by atoms with Crippen molar-refractivity contribution in [2.75, 3.05) is 11.8 Å². The number of carbonyl (C=O) groups excluding carboxylic acids is 2. The van der Waals surface area contributed by atoms with Crippen LogP contribution in [-0.4, -0.2) is 27.3 Å². The Labute approximate surface area is 193 Å². The van der Waals surface area contributed by atoms with Gasteiger partial charge in [-0.1, -0.05) is 36.4 Å². The molecule has 0 saturated carbocycles. The minimum Gasteiger partial charge on any atom is -0.497 e. The van der Waals surface area contributed by atoms with E-state index in [9.17, 15) is 18.0 Å². The van der Waals surface area contributed by atoms with Gasteiger partial charge in [0, 0.05) is 11.3 Å². The Hall–Kier alpha value is -3.85. The van der Waals surface area contributed by atoms with Crippen molar-refractivity contribution in [1.29, 1.82) is 0 Å². The fourth-order valence-electron chi connectivity index (χ4n) is 3.01. The highest BCUT2D eigenvalue weighted by Gasteiger charge is 2.30. The number of sulfonamides is 1. The average Bonchev–Trinajstić information content (AvgIpc) is 2.83. The molecule has 3 rings (SSSR count). The van der Waals surface area contributed by atoms with E-state index < -0.39 is 27.3 Å². The second kappa shape index (κ2) is 9.74. The van der Waals surface area contributed by atoms with Gasteiger partial charge in [0.25, 0.3) is 15.9 Å². The lowest BCUT2D eigenvalue weighted by molar-refractivity contribution is -0.126. The van der Waals surface area contributed by atoms with Gasteiger partial charge >= 0.3 is 0 Å². The topological polar surface area (TPSA) is 114 Å². The molecule has 2 amide bonds. The van der Waals surface area contributed by atoms with E-state index >= 15 is 0 Å². The number of methoxy groups -OCH3 is 1. The number of benzene rings is 3. The first-order valence-electron chi connectivity index (χ1n) is 10.1. The van der Waals surface area contributed by atoms with Crippen LogP contribution in [0.25, 0.3) is 0 Å². The van der Waals surface area contributed by atoms with Crippen molar-refractivity contribution in [3.05, 3.63) is 90.0 Å². The maximum absolute atomic E-state index is 12.7.